The lowest BCUT2D eigenvalue weighted by atomic mass is 10.2. The number of hydrogen-bond donors (Lipinski definition) is 1. The number of benzene rings is 1. The van der Waals surface area contributed by atoms with Crippen LogP contribution < -0.4 is 9.80 Å². The minimum Gasteiger partial charge on any atom is -0.337 e. The van der Waals surface area contributed by atoms with Crippen LogP contribution in [0.2, 0.25) is 0 Å². The molecule has 0 radical (unpaired) electrons. The van der Waals surface area contributed by atoms with Crippen LogP contribution in [0, 0.1) is 0 Å². The maximum Gasteiger partial charge on any atom is 0.186 e. The number of likely N-dealkylation sites (N-methyl/N-ethyl adjacent to an activating group) is 1. The fraction of sp³-hybridized carbons (Fsp3) is 0.357. The summed E-state index contributed by atoms with van der Waals surface area (Å²) in [6.07, 6.45) is 0. The molecule has 100 valence electrons. The highest BCUT2D eigenvalue weighted by Crippen LogP contribution is 2.31. The first-order valence-electron chi connectivity index (χ1n) is 6.51. The van der Waals surface area contributed by atoms with Crippen molar-refractivity contribution in [2.75, 3.05) is 38.1 Å². The summed E-state index contributed by atoms with van der Waals surface area (Å²) in [5.41, 5.74) is 2.24. The van der Waals surface area contributed by atoms with Crippen molar-refractivity contribution < 1.29 is 4.90 Å². The zero-order chi connectivity index (χ0) is 13.2. The summed E-state index contributed by atoms with van der Waals surface area (Å²) < 4.78 is 1.11. The fourth-order valence-electron chi connectivity index (χ4n) is 2.28. The van der Waals surface area contributed by atoms with Crippen molar-refractivity contribution in [1.82, 2.24) is 4.98 Å². The van der Waals surface area contributed by atoms with Crippen LogP contribution >= 0.6 is 27.3 Å². The van der Waals surface area contributed by atoms with Crippen molar-refractivity contribution in [3.8, 4) is 11.3 Å². The fourth-order valence-corrected chi connectivity index (χ4v) is 3.65. The van der Waals surface area contributed by atoms with E-state index < -0.39 is 0 Å². The molecule has 1 fully saturated rings. The van der Waals surface area contributed by atoms with Gasteiger partial charge in [0.25, 0.3) is 0 Å². The van der Waals surface area contributed by atoms with E-state index in [2.05, 4.69) is 51.5 Å². The molecule has 0 bridgehead atoms. The summed E-state index contributed by atoms with van der Waals surface area (Å²) in [5.74, 6) is 0. The minimum atomic E-state index is 1.07. The van der Waals surface area contributed by atoms with Crippen LogP contribution in [-0.4, -0.2) is 38.2 Å². The number of rotatable bonds is 2. The standard InChI is InChI=1S/C14H16BrN3S/c1-17-6-8-18(9-7-17)14-16-13(10-19-14)11-4-2-3-5-12(11)15/h2-5,10H,6-9H2,1H3/p+1. The van der Waals surface area contributed by atoms with Crippen molar-refractivity contribution in [3.05, 3.63) is 34.1 Å². The molecule has 1 aromatic heterocycles. The molecule has 2 aromatic rings. The van der Waals surface area contributed by atoms with Gasteiger partial charge in [-0.25, -0.2) is 4.98 Å². The van der Waals surface area contributed by atoms with E-state index >= 15 is 0 Å². The van der Waals surface area contributed by atoms with Gasteiger partial charge in [0.15, 0.2) is 5.13 Å². The predicted octanol–water partition coefficient (Wildman–Crippen LogP) is 1.91. The number of quaternary nitrogens is 1. The number of nitrogens with one attached hydrogen (secondary N) is 1. The smallest absolute Gasteiger partial charge is 0.186 e. The number of halogens is 1. The monoisotopic (exact) mass is 338 g/mol. The summed E-state index contributed by atoms with van der Waals surface area (Å²) in [5, 5.41) is 3.30. The van der Waals surface area contributed by atoms with Crippen molar-refractivity contribution in [2.45, 2.75) is 0 Å². The molecule has 0 amide bonds. The first-order chi connectivity index (χ1) is 9.24. The molecular formula is C14H17BrN3S+. The Morgan fingerprint density at radius 2 is 2.00 bits per heavy atom. The van der Waals surface area contributed by atoms with Gasteiger partial charge in [0, 0.05) is 15.4 Å². The zero-order valence-electron chi connectivity index (χ0n) is 10.9. The molecule has 1 aliphatic rings. The average Bonchev–Trinajstić information content (AvgIpc) is 2.89. The molecule has 2 heterocycles. The molecule has 3 nitrogen and oxygen atoms in total. The number of thiazole rings is 1. The highest BCUT2D eigenvalue weighted by atomic mass is 79.9. The Kier molecular flexibility index (Phi) is 3.86. The van der Waals surface area contributed by atoms with Crippen LogP contribution in [0.1, 0.15) is 0 Å². The Morgan fingerprint density at radius 3 is 2.74 bits per heavy atom. The van der Waals surface area contributed by atoms with E-state index in [-0.39, 0.29) is 0 Å². The summed E-state index contributed by atoms with van der Waals surface area (Å²) >= 11 is 5.34. The van der Waals surface area contributed by atoms with E-state index in [0.717, 1.165) is 28.4 Å². The molecule has 1 aromatic carbocycles. The molecule has 19 heavy (non-hydrogen) atoms. The second kappa shape index (κ2) is 5.61. The third-order valence-corrected chi connectivity index (χ3v) is 5.12. The topological polar surface area (TPSA) is 20.6 Å². The van der Waals surface area contributed by atoms with Crippen molar-refractivity contribution in [1.29, 1.82) is 0 Å². The minimum absolute atomic E-state index is 1.07. The largest absolute Gasteiger partial charge is 0.337 e. The predicted molar refractivity (Wildman–Crippen MR) is 84.1 cm³/mol. The van der Waals surface area contributed by atoms with E-state index in [1.54, 1.807) is 16.2 Å². The lowest BCUT2D eigenvalue weighted by Crippen LogP contribution is -3.12. The molecule has 3 rings (SSSR count). The van der Waals surface area contributed by atoms with Gasteiger partial charge in [-0.05, 0) is 6.07 Å². The van der Waals surface area contributed by atoms with Crippen LogP contribution in [0.5, 0.6) is 0 Å². The highest BCUT2D eigenvalue weighted by molar-refractivity contribution is 9.10. The third kappa shape index (κ3) is 2.83. The summed E-state index contributed by atoms with van der Waals surface area (Å²) in [6.45, 7) is 4.61. The molecule has 1 saturated heterocycles. The quantitative estimate of drug-likeness (QED) is 0.902. The van der Waals surface area contributed by atoms with Gasteiger partial charge < -0.3 is 9.80 Å². The van der Waals surface area contributed by atoms with Gasteiger partial charge in [-0.15, -0.1) is 11.3 Å². The summed E-state index contributed by atoms with van der Waals surface area (Å²) in [6, 6.07) is 8.26. The number of piperazine rings is 1. The Hall–Kier alpha value is -0.910. The van der Waals surface area contributed by atoms with Crippen molar-refractivity contribution >= 4 is 32.4 Å². The second-order valence-electron chi connectivity index (χ2n) is 4.94. The zero-order valence-corrected chi connectivity index (χ0v) is 13.3. The van der Waals surface area contributed by atoms with Gasteiger partial charge in [0.2, 0.25) is 0 Å². The normalized spacial score (nSPS) is 16.8. The van der Waals surface area contributed by atoms with Crippen LogP contribution in [0.3, 0.4) is 0 Å². The van der Waals surface area contributed by atoms with Gasteiger partial charge in [-0.3, -0.25) is 0 Å². The lowest BCUT2D eigenvalue weighted by Gasteiger charge is -2.29. The van der Waals surface area contributed by atoms with Crippen LogP contribution in [0.25, 0.3) is 11.3 Å². The third-order valence-electron chi connectivity index (χ3n) is 3.53. The average molecular weight is 339 g/mol. The van der Waals surface area contributed by atoms with E-state index in [1.807, 2.05) is 6.07 Å². The molecular weight excluding hydrogens is 322 g/mol. The van der Waals surface area contributed by atoms with E-state index in [0.29, 0.717) is 0 Å². The molecule has 0 spiro atoms. The first kappa shape index (κ1) is 13.1. The van der Waals surface area contributed by atoms with Crippen molar-refractivity contribution in [3.63, 3.8) is 0 Å². The Labute approximate surface area is 126 Å². The Bertz CT molecular complexity index is 561. The number of nitrogens with zero attached hydrogens (tertiary/aromatic N) is 2. The van der Waals surface area contributed by atoms with Crippen LogP contribution in [0.15, 0.2) is 34.1 Å². The first-order valence-corrected chi connectivity index (χ1v) is 8.18. The Balaban J connectivity index is 1.82. The van der Waals surface area contributed by atoms with Crippen LogP contribution in [-0.2, 0) is 0 Å². The second-order valence-corrected chi connectivity index (χ2v) is 6.63. The van der Waals surface area contributed by atoms with Gasteiger partial charge >= 0.3 is 0 Å². The molecule has 0 saturated carbocycles. The summed E-state index contributed by atoms with van der Waals surface area (Å²) in [4.78, 5) is 8.81. The van der Waals surface area contributed by atoms with Gasteiger partial charge in [-0.1, -0.05) is 34.1 Å². The summed E-state index contributed by atoms with van der Waals surface area (Å²) in [7, 11) is 2.26. The van der Waals surface area contributed by atoms with Crippen molar-refractivity contribution in [2.24, 2.45) is 0 Å². The van der Waals surface area contributed by atoms with Crippen LogP contribution in [0.4, 0.5) is 5.13 Å². The molecule has 1 N–H and O–H groups in total. The molecule has 5 heteroatoms. The van der Waals surface area contributed by atoms with Gasteiger partial charge in [0.1, 0.15) is 0 Å². The number of hydrogen-bond acceptors (Lipinski definition) is 3. The number of aromatic nitrogens is 1. The molecule has 0 unspecified atom stereocenters. The highest BCUT2D eigenvalue weighted by Gasteiger charge is 2.19. The lowest BCUT2D eigenvalue weighted by molar-refractivity contribution is -0.880. The maximum atomic E-state index is 4.80. The SMILES string of the molecule is C[NH+]1CCN(c2nc(-c3ccccc3Br)cs2)CC1. The van der Waals surface area contributed by atoms with E-state index in [9.17, 15) is 0 Å². The van der Waals surface area contributed by atoms with Gasteiger partial charge in [-0.2, -0.15) is 0 Å². The molecule has 0 aliphatic carbocycles. The molecule has 0 atom stereocenters. The van der Waals surface area contributed by atoms with E-state index in [4.69, 9.17) is 4.98 Å². The maximum absolute atomic E-state index is 4.80. The van der Waals surface area contributed by atoms with Gasteiger partial charge in [0.05, 0.1) is 38.9 Å². The molecule has 1 aliphatic heterocycles. The van der Waals surface area contributed by atoms with E-state index in [1.165, 1.54) is 18.7 Å². The Morgan fingerprint density at radius 1 is 1.26 bits per heavy atom. The number of anilines is 1.